The lowest BCUT2D eigenvalue weighted by atomic mass is 10.1. The Morgan fingerprint density at radius 2 is 1.82 bits per heavy atom. The molecule has 2 nitrogen and oxygen atoms in total. The summed E-state index contributed by atoms with van der Waals surface area (Å²) in [4.78, 5) is 0. The van der Waals surface area contributed by atoms with E-state index in [4.69, 9.17) is 9.47 Å². The number of hydrogen-bond acceptors (Lipinski definition) is 2. The summed E-state index contributed by atoms with van der Waals surface area (Å²) in [5.74, 6) is -0.237. The van der Waals surface area contributed by atoms with Crippen molar-refractivity contribution in [1.29, 1.82) is 0 Å². The van der Waals surface area contributed by atoms with E-state index in [1.807, 2.05) is 0 Å². The zero-order valence-electron chi connectivity index (χ0n) is 10.4. The van der Waals surface area contributed by atoms with Gasteiger partial charge in [0.05, 0.1) is 12.2 Å². The predicted octanol–water partition coefficient (Wildman–Crippen LogP) is 3.30. The molecule has 0 bridgehead atoms. The van der Waals surface area contributed by atoms with Crippen molar-refractivity contribution in [3.05, 3.63) is 35.9 Å². The second-order valence-corrected chi connectivity index (χ2v) is 5.29. The van der Waals surface area contributed by atoms with Gasteiger partial charge < -0.3 is 9.47 Å². The molecular weight excluding hydrogens is 212 g/mol. The minimum Gasteiger partial charge on any atom is -0.344 e. The summed E-state index contributed by atoms with van der Waals surface area (Å²) in [6.45, 7) is 2.14. The van der Waals surface area contributed by atoms with Crippen LogP contribution >= 0.6 is 0 Å². The highest BCUT2D eigenvalue weighted by Gasteiger charge is 2.47. The number of benzene rings is 1. The van der Waals surface area contributed by atoms with Crippen LogP contribution in [0.4, 0.5) is 0 Å². The van der Waals surface area contributed by atoms with Crippen molar-refractivity contribution in [2.45, 2.75) is 57.0 Å². The Morgan fingerprint density at radius 3 is 2.53 bits per heavy atom. The monoisotopic (exact) mass is 232 g/mol. The minimum absolute atomic E-state index is 0.216. The van der Waals surface area contributed by atoms with Crippen molar-refractivity contribution in [2.75, 3.05) is 0 Å². The average Bonchev–Trinajstić information content (AvgIpc) is 2.89. The topological polar surface area (TPSA) is 18.5 Å². The third-order valence-corrected chi connectivity index (χ3v) is 3.94. The van der Waals surface area contributed by atoms with Gasteiger partial charge in [0, 0.05) is 19.3 Å². The second-order valence-electron chi connectivity index (χ2n) is 5.29. The van der Waals surface area contributed by atoms with E-state index < -0.39 is 0 Å². The normalized spacial score (nSPS) is 31.1. The van der Waals surface area contributed by atoms with E-state index in [0.717, 1.165) is 19.3 Å². The van der Waals surface area contributed by atoms with Crippen molar-refractivity contribution in [3.8, 4) is 0 Å². The molecule has 2 fully saturated rings. The summed E-state index contributed by atoms with van der Waals surface area (Å²) in [5.41, 5.74) is 1.34. The SMILES string of the molecule is C[C@H]1OC2(CCCC2)O[C@H]1Cc1ccccc1. The lowest BCUT2D eigenvalue weighted by Crippen LogP contribution is -2.27. The molecule has 1 saturated carbocycles. The molecule has 3 rings (SSSR count). The second kappa shape index (κ2) is 4.43. The molecule has 2 atom stereocenters. The molecule has 0 aromatic heterocycles. The molecule has 1 aliphatic heterocycles. The first-order chi connectivity index (χ1) is 8.27. The lowest BCUT2D eigenvalue weighted by molar-refractivity contribution is -0.167. The highest BCUT2D eigenvalue weighted by atomic mass is 16.8. The van der Waals surface area contributed by atoms with Crippen LogP contribution in [0.25, 0.3) is 0 Å². The van der Waals surface area contributed by atoms with Crippen LogP contribution in [0.5, 0.6) is 0 Å². The number of hydrogen-bond donors (Lipinski definition) is 0. The smallest absolute Gasteiger partial charge is 0.169 e. The van der Waals surface area contributed by atoms with Crippen LogP contribution in [0.15, 0.2) is 30.3 Å². The van der Waals surface area contributed by atoms with E-state index in [0.29, 0.717) is 0 Å². The Hall–Kier alpha value is -0.860. The first kappa shape index (κ1) is 11.2. The van der Waals surface area contributed by atoms with Crippen molar-refractivity contribution in [1.82, 2.24) is 0 Å². The molecule has 2 heteroatoms. The fraction of sp³-hybridized carbons (Fsp3) is 0.600. The van der Waals surface area contributed by atoms with Crippen LogP contribution in [-0.2, 0) is 15.9 Å². The van der Waals surface area contributed by atoms with Gasteiger partial charge in [-0.25, -0.2) is 0 Å². The van der Waals surface area contributed by atoms with Crippen molar-refractivity contribution >= 4 is 0 Å². The standard InChI is InChI=1S/C15H20O2/c1-12-14(11-13-7-3-2-4-8-13)17-15(16-12)9-5-6-10-15/h2-4,7-8,12,14H,5-6,9-11H2,1H3/t12-,14+/m1/s1. The van der Waals surface area contributed by atoms with Crippen LogP contribution in [-0.4, -0.2) is 18.0 Å². The molecule has 1 heterocycles. The van der Waals surface area contributed by atoms with E-state index in [-0.39, 0.29) is 18.0 Å². The Balaban J connectivity index is 1.68. The van der Waals surface area contributed by atoms with Crippen LogP contribution in [0.3, 0.4) is 0 Å². The first-order valence-electron chi connectivity index (χ1n) is 6.67. The molecule has 0 radical (unpaired) electrons. The molecule has 92 valence electrons. The van der Waals surface area contributed by atoms with Gasteiger partial charge in [-0.15, -0.1) is 0 Å². The molecule has 1 aliphatic carbocycles. The average molecular weight is 232 g/mol. The molecule has 0 N–H and O–H groups in total. The van der Waals surface area contributed by atoms with Gasteiger partial charge in [-0.1, -0.05) is 30.3 Å². The highest BCUT2D eigenvalue weighted by Crippen LogP contribution is 2.42. The minimum atomic E-state index is -0.237. The first-order valence-corrected chi connectivity index (χ1v) is 6.67. The van der Waals surface area contributed by atoms with Crippen molar-refractivity contribution in [3.63, 3.8) is 0 Å². The van der Waals surface area contributed by atoms with E-state index in [1.54, 1.807) is 0 Å². The lowest BCUT2D eigenvalue weighted by Gasteiger charge is -2.21. The van der Waals surface area contributed by atoms with Gasteiger partial charge >= 0.3 is 0 Å². The Bertz CT molecular complexity index is 368. The van der Waals surface area contributed by atoms with Crippen LogP contribution in [0, 0.1) is 0 Å². The van der Waals surface area contributed by atoms with Gasteiger partial charge in [0.15, 0.2) is 5.79 Å². The number of ether oxygens (including phenoxy) is 2. The third kappa shape index (κ3) is 2.24. The maximum atomic E-state index is 6.20. The van der Waals surface area contributed by atoms with E-state index >= 15 is 0 Å². The van der Waals surface area contributed by atoms with E-state index in [2.05, 4.69) is 37.3 Å². The summed E-state index contributed by atoms with van der Waals surface area (Å²) >= 11 is 0. The van der Waals surface area contributed by atoms with Gasteiger partial charge in [-0.2, -0.15) is 0 Å². The summed E-state index contributed by atoms with van der Waals surface area (Å²) in [5, 5.41) is 0. The molecule has 1 saturated heterocycles. The molecule has 1 aromatic carbocycles. The Labute approximate surface area is 103 Å². The van der Waals surface area contributed by atoms with Gasteiger partial charge in [0.1, 0.15) is 0 Å². The maximum absolute atomic E-state index is 6.20. The van der Waals surface area contributed by atoms with Crippen LogP contribution in [0.2, 0.25) is 0 Å². The van der Waals surface area contributed by atoms with Crippen molar-refractivity contribution < 1.29 is 9.47 Å². The fourth-order valence-corrected chi connectivity index (χ4v) is 3.02. The summed E-state index contributed by atoms with van der Waals surface area (Å²) in [6, 6.07) is 10.5. The summed E-state index contributed by atoms with van der Waals surface area (Å²) < 4.78 is 12.3. The third-order valence-electron chi connectivity index (χ3n) is 3.94. The predicted molar refractivity (Wildman–Crippen MR) is 66.8 cm³/mol. The summed E-state index contributed by atoms with van der Waals surface area (Å²) in [6.07, 6.45) is 6.02. The van der Waals surface area contributed by atoms with E-state index in [9.17, 15) is 0 Å². The molecule has 1 aromatic rings. The Kier molecular flexibility index (Phi) is 2.93. The van der Waals surface area contributed by atoms with Crippen LogP contribution < -0.4 is 0 Å². The Morgan fingerprint density at radius 1 is 1.12 bits per heavy atom. The van der Waals surface area contributed by atoms with Crippen LogP contribution in [0.1, 0.15) is 38.2 Å². The summed E-state index contributed by atoms with van der Waals surface area (Å²) in [7, 11) is 0. The van der Waals surface area contributed by atoms with E-state index in [1.165, 1.54) is 18.4 Å². The molecule has 1 spiro atoms. The molecule has 17 heavy (non-hydrogen) atoms. The zero-order valence-corrected chi connectivity index (χ0v) is 10.4. The van der Waals surface area contributed by atoms with Gasteiger partial charge in [0.25, 0.3) is 0 Å². The quantitative estimate of drug-likeness (QED) is 0.779. The zero-order chi connectivity index (χ0) is 11.7. The highest BCUT2D eigenvalue weighted by molar-refractivity contribution is 5.16. The van der Waals surface area contributed by atoms with Gasteiger partial charge in [-0.3, -0.25) is 0 Å². The fourth-order valence-electron chi connectivity index (χ4n) is 3.02. The molecule has 0 unspecified atom stereocenters. The molecular formula is C15H20O2. The van der Waals surface area contributed by atoms with Crippen molar-refractivity contribution in [2.24, 2.45) is 0 Å². The number of rotatable bonds is 2. The molecule has 2 aliphatic rings. The van der Waals surface area contributed by atoms with Gasteiger partial charge in [-0.05, 0) is 25.3 Å². The van der Waals surface area contributed by atoms with Gasteiger partial charge in [0.2, 0.25) is 0 Å². The molecule has 0 amide bonds. The maximum Gasteiger partial charge on any atom is 0.169 e. The largest absolute Gasteiger partial charge is 0.344 e.